The predicted octanol–water partition coefficient (Wildman–Crippen LogP) is 2.11. The van der Waals surface area contributed by atoms with Gasteiger partial charge in [0.1, 0.15) is 0 Å². The van der Waals surface area contributed by atoms with Crippen molar-refractivity contribution in [3.8, 4) is 0 Å². The molecule has 0 radical (unpaired) electrons. The highest BCUT2D eigenvalue weighted by molar-refractivity contribution is 8.14. The molecule has 0 spiro atoms. The van der Waals surface area contributed by atoms with Gasteiger partial charge in [-0.15, -0.1) is 0 Å². The highest BCUT2D eigenvalue weighted by Gasteiger charge is 2.34. The van der Waals surface area contributed by atoms with E-state index in [0.717, 1.165) is 32.4 Å². The van der Waals surface area contributed by atoms with Crippen molar-refractivity contribution in [2.24, 2.45) is 16.8 Å². The number of aliphatic hydroxyl groups is 1. The SMILES string of the molecule is CCCC[NH+]([O-])C1=NC(O)C(CC(=O)Nc2ccc(C(=O)N3CC(C)CC(C)C3)cc2)S1. The van der Waals surface area contributed by atoms with Crippen LogP contribution < -0.4 is 10.4 Å². The number of benzene rings is 1. The third kappa shape index (κ3) is 6.54. The van der Waals surface area contributed by atoms with Gasteiger partial charge in [0.25, 0.3) is 11.1 Å². The molecule has 2 amide bonds. The Balaban J connectivity index is 1.50. The minimum atomic E-state index is -1.05. The second-order valence-corrected chi connectivity index (χ2v) is 10.2. The first kappa shape index (κ1) is 24.7. The third-order valence-corrected chi connectivity index (χ3v) is 7.07. The fourth-order valence-corrected chi connectivity index (χ4v) is 5.38. The van der Waals surface area contributed by atoms with Gasteiger partial charge in [0.15, 0.2) is 6.23 Å². The number of aliphatic imine (C=N–C) groups is 1. The van der Waals surface area contributed by atoms with Crippen molar-refractivity contribution in [1.29, 1.82) is 0 Å². The standard InChI is InChI=1S/C23H34N4O4S/c1-4-5-10-27(31)23-25-21(29)19(32-23)12-20(28)24-18-8-6-17(7-9-18)22(30)26-13-15(2)11-16(3)14-26/h6-9,15-16,19,21,27,29H,4-5,10-14H2,1-3H3,(H,24,28). The summed E-state index contributed by atoms with van der Waals surface area (Å²) in [5.74, 6) is 0.744. The number of hydrogen-bond acceptors (Lipinski definition) is 6. The van der Waals surface area contributed by atoms with E-state index in [1.165, 1.54) is 11.8 Å². The number of piperidine rings is 1. The van der Waals surface area contributed by atoms with E-state index >= 15 is 0 Å². The number of unbranched alkanes of at least 4 members (excludes halogenated alkanes) is 1. The molecule has 0 saturated carbocycles. The van der Waals surface area contributed by atoms with Crippen LogP contribution in [0.5, 0.6) is 0 Å². The highest BCUT2D eigenvalue weighted by atomic mass is 32.2. The lowest BCUT2D eigenvalue weighted by Gasteiger charge is -2.35. The molecule has 1 fully saturated rings. The summed E-state index contributed by atoms with van der Waals surface area (Å²) in [5, 5.41) is 24.8. The molecule has 1 aromatic carbocycles. The van der Waals surface area contributed by atoms with Crippen molar-refractivity contribution in [2.75, 3.05) is 25.0 Å². The van der Waals surface area contributed by atoms with Gasteiger partial charge in [-0.05, 0) is 60.7 Å². The van der Waals surface area contributed by atoms with Crippen LogP contribution in [0, 0.1) is 17.0 Å². The topological polar surface area (TPSA) is 109 Å². The Morgan fingerprint density at radius 2 is 1.91 bits per heavy atom. The fraction of sp³-hybridized carbons (Fsp3) is 0.609. The highest BCUT2D eigenvalue weighted by Crippen LogP contribution is 2.27. The number of likely N-dealkylation sites (tertiary alicyclic amines) is 1. The maximum atomic E-state index is 12.8. The van der Waals surface area contributed by atoms with Gasteiger partial charge in [-0.1, -0.05) is 27.2 Å². The summed E-state index contributed by atoms with van der Waals surface area (Å²) in [6.07, 6.45) is 1.83. The summed E-state index contributed by atoms with van der Waals surface area (Å²) in [5.41, 5.74) is 1.19. The lowest BCUT2D eigenvalue weighted by Crippen LogP contribution is -3.09. The van der Waals surface area contributed by atoms with E-state index in [1.54, 1.807) is 24.3 Å². The van der Waals surface area contributed by atoms with Crippen LogP contribution in [-0.4, -0.2) is 58.1 Å². The number of carbonyl (C=O) groups excluding carboxylic acids is 2. The van der Waals surface area contributed by atoms with E-state index in [4.69, 9.17) is 0 Å². The van der Waals surface area contributed by atoms with Crippen LogP contribution >= 0.6 is 11.8 Å². The van der Waals surface area contributed by atoms with Gasteiger partial charge in [0.05, 0.1) is 11.8 Å². The summed E-state index contributed by atoms with van der Waals surface area (Å²) in [7, 11) is 0. The minimum Gasteiger partial charge on any atom is -0.627 e. The number of amides is 2. The Morgan fingerprint density at radius 3 is 2.53 bits per heavy atom. The minimum absolute atomic E-state index is 0.0178. The Kier molecular flexibility index (Phi) is 8.70. The smallest absolute Gasteiger partial charge is 0.260 e. The zero-order chi connectivity index (χ0) is 23.3. The second-order valence-electron chi connectivity index (χ2n) is 9.02. The molecule has 5 atom stereocenters. The average molecular weight is 463 g/mol. The van der Waals surface area contributed by atoms with Crippen LogP contribution in [0.2, 0.25) is 0 Å². The van der Waals surface area contributed by atoms with Gasteiger partial charge >= 0.3 is 0 Å². The predicted molar refractivity (Wildman–Crippen MR) is 127 cm³/mol. The molecule has 8 nitrogen and oxygen atoms in total. The summed E-state index contributed by atoms with van der Waals surface area (Å²) < 4.78 is 0. The van der Waals surface area contributed by atoms with Crippen LogP contribution in [0.15, 0.2) is 29.3 Å². The Morgan fingerprint density at radius 1 is 1.25 bits per heavy atom. The number of quaternary nitrogens is 1. The molecular weight excluding hydrogens is 428 g/mol. The molecule has 3 N–H and O–H groups in total. The van der Waals surface area contributed by atoms with E-state index < -0.39 is 11.5 Å². The molecule has 9 heteroatoms. The van der Waals surface area contributed by atoms with Crippen LogP contribution in [0.3, 0.4) is 0 Å². The van der Waals surface area contributed by atoms with Crippen molar-refractivity contribution in [3.63, 3.8) is 0 Å². The number of rotatable bonds is 7. The molecule has 0 aromatic heterocycles. The van der Waals surface area contributed by atoms with Crippen molar-refractivity contribution < 1.29 is 19.8 Å². The fourth-order valence-electron chi connectivity index (χ4n) is 4.27. The van der Waals surface area contributed by atoms with Gasteiger partial charge < -0.3 is 25.6 Å². The molecule has 32 heavy (non-hydrogen) atoms. The van der Waals surface area contributed by atoms with Crippen LogP contribution in [-0.2, 0) is 4.79 Å². The van der Waals surface area contributed by atoms with Gasteiger partial charge in [-0.25, -0.2) is 0 Å². The lowest BCUT2D eigenvalue weighted by molar-refractivity contribution is -0.743. The molecule has 1 aromatic rings. The molecule has 176 valence electrons. The van der Waals surface area contributed by atoms with E-state index in [0.29, 0.717) is 34.8 Å². The second kappa shape index (κ2) is 11.3. The maximum absolute atomic E-state index is 12.8. The molecule has 3 rings (SSSR count). The summed E-state index contributed by atoms with van der Waals surface area (Å²) in [6, 6.07) is 6.90. The van der Waals surface area contributed by atoms with Crippen molar-refractivity contribution in [2.45, 2.75) is 57.9 Å². The number of hydrogen-bond donors (Lipinski definition) is 3. The van der Waals surface area contributed by atoms with Crippen LogP contribution in [0.25, 0.3) is 0 Å². The number of anilines is 1. The van der Waals surface area contributed by atoms with E-state index in [2.05, 4.69) is 24.2 Å². The first-order valence-electron chi connectivity index (χ1n) is 11.4. The van der Waals surface area contributed by atoms with Crippen molar-refractivity contribution >= 4 is 34.4 Å². The number of aliphatic hydroxyl groups excluding tert-OH is 1. The Labute approximate surface area is 194 Å². The average Bonchev–Trinajstić information content (AvgIpc) is 3.11. The number of carbonyl (C=O) groups is 2. The number of thioether (sulfide) groups is 1. The maximum Gasteiger partial charge on any atom is 0.260 e. The molecular formula is C23H34N4O4S. The van der Waals surface area contributed by atoms with Crippen molar-refractivity contribution in [1.82, 2.24) is 4.90 Å². The van der Waals surface area contributed by atoms with Gasteiger partial charge in [0, 0.05) is 30.8 Å². The zero-order valence-electron chi connectivity index (χ0n) is 19.0. The molecule has 2 aliphatic heterocycles. The zero-order valence-corrected chi connectivity index (χ0v) is 19.9. The number of amidine groups is 1. The quantitative estimate of drug-likeness (QED) is 0.538. The van der Waals surface area contributed by atoms with Gasteiger partial charge in [-0.3, -0.25) is 9.59 Å². The first-order chi connectivity index (χ1) is 15.3. The first-order valence-corrected chi connectivity index (χ1v) is 12.3. The molecule has 5 unspecified atom stereocenters. The third-order valence-electron chi connectivity index (χ3n) is 5.80. The van der Waals surface area contributed by atoms with Gasteiger partial charge in [0.2, 0.25) is 5.91 Å². The summed E-state index contributed by atoms with van der Waals surface area (Å²) >= 11 is 1.18. The lowest BCUT2D eigenvalue weighted by atomic mass is 9.91. The van der Waals surface area contributed by atoms with E-state index in [-0.39, 0.29) is 23.3 Å². The van der Waals surface area contributed by atoms with E-state index in [9.17, 15) is 19.9 Å². The molecule has 0 bridgehead atoms. The molecule has 0 aliphatic carbocycles. The van der Waals surface area contributed by atoms with Crippen LogP contribution in [0.1, 0.15) is 56.8 Å². The Hall–Kier alpha value is -1.94. The number of nitrogens with one attached hydrogen (secondary N) is 2. The molecule has 2 heterocycles. The summed E-state index contributed by atoms with van der Waals surface area (Å²) in [4.78, 5) is 31.2. The largest absolute Gasteiger partial charge is 0.627 e. The van der Waals surface area contributed by atoms with E-state index in [1.807, 2.05) is 11.8 Å². The molecule has 1 saturated heterocycles. The van der Waals surface area contributed by atoms with Crippen molar-refractivity contribution in [3.05, 3.63) is 35.0 Å². The molecule has 2 aliphatic rings. The number of nitrogens with zero attached hydrogens (tertiary/aromatic N) is 2. The van der Waals surface area contributed by atoms with Crippen LogP contribution in [0.4, 0.5) is 5.69 Å². The normalized spacial score (nSPS) is 26.5. The Bertz CT molecular complexity index is 822. The summed E-state index contributed by atoms with van der Waals surface area (Å²) in [6.45, 7) is 8.30. The monoisotopic (exact) mass is 462 g/mol. The van der Waals surface area contributed by atoms with Gasteiger partial charge in [-0.2, -0.15) is 4.99 Å². The number of hydroxylamine groups is 2.